The van der Waals surface area contributed by atoms with Crippen LogP contribution in [0.5, 0.6) is 11.5 Å². The quantitative estimate of drug-likeness (QED) is 0.826. The van der Waals surface area contributed by atoms with Gasteiger partial charge in [0.2, 0.25) is 10.0 Å². The fourth-order valence-electron chi connectivity index (χ4n) is 3.59. The predicted octanol–water partition coefficient (Wildman–Crippen LogP) is 2.64. The molecule has 1 aliphatic heterocycles. The van der Waals surface area contributed by atoms with Gasteiger partial charge in [-0.2, -0.15) is 0 Å². The number of sulfonamides is 1. The maximum absolute atomic E-state index is 13.3. The van der Waals surface area contributed by atoms with Crippen LogP contribution in [0.4, 0.5) is 0 Å². The normalized spacial score (nSPS) is 16.9. The number of ether oxygens (including phenoxy) is 2. The van der Waals surface area contributed by atoms with E-state index in [2.05, 4.69) is 0 Å². The van der Waals surface area contributed by atoms with Gasteiger partial charge in [0.25, 0.3) is 5.91 Å². The zero-order chi connectivity index (χ0) is 20.5. The number of nitrogens with zero attached hydrogens (tertiary/aromatic N) is 1. The van der Waals surface area contributed by atoms with Crippen molar-refractivity contribution in [3.05, 3.63) is 53.1 Å². The molecule has 1 saturated heterocycles. The molecular weight excluding hydrogens is 380 g/mol. The second-order valence-electron chi connectivity index (χ2n) is 6.79. The summed E-state index contributed by atoms with van der Waals surface area (Å²) < 4.78 is 34.1. The molecule has 1 atom stereocenters. The maximum atomic E-state index is 13.3. The first kappa shape index (κ1) is 20.2. The van der Waals surface area contributed by atoms with Crippen molar-refractivity contribution in [1.82, 2.24) is 4.90 Å². The van der Waals surface area contributed by atoms with E-state index in [0.717, 1.165) is 18.4 Å². The van der Waals surface area contributed by atoms with Gasteiger partial charge in [-0.1, -0.05) is 6.07 Å². The molecule has 150 valence electrons. The fourth-order valence-corrected chi connectivity index (χ4v) is 4.13. The number of likely N-dealkylation sites (tertiary alicyclic amines) is 1. The lowest BCUT2D eigenvalue weighted by molar-refractivity contribution is 0.0733. The molecule has 1 aliphatic rings. The Morgan fingerprint density at radius 1 is 1.14 bits per heavy atom. The number of methoxy groups -OCH3 is 2. The second-order valence-corrected chi connectivity index (χ2v) is 8.35. The highest BCUT2D eigenvalue weighted by Crippen LogP contribution is 2.39. The van der Waals surface area contributed by atoms with Gasteiger partial charge in [-0.25, -0.2) is 13.6 Å². The van der Waals surface area contributed by atoms with Crippen LogP contribution in [-0.4, -0.2) is 40.0 Å². The van der Waals surface area contributed by atoms with Gasteiger partial charge in [-0.3, -0.25) is 4.79 Å². The van der Waals surface area contributed by atoms with E-state index in [1.807, 2.05) is 12.1 Å². The lowest BCUT2D eigenvalue weighted by Crippen LogP contribution is -2.31. The fraction of sp³-hybridized carbons (Fsp3) is 0.350. The maximum Gasteiger partial charge on any atom is 0.254 e. The van der Waals surface area contributed by atoms with Crippen LogP contribution in [0, 0.1) is 6.92 Å². The second kappa shape index (κ2) is 7.81. The number of primary sulfonamides is 1. The number of hydrogen-bond acceptors (Lipinski definition) is 5. The minimum atomic E-state index is -3.89. The van der Waals surface area contributed by atoms with Gasteiger partial charge in [-0.15, -0.1) is 0 Å². The Morgan fingerprint density at radius 2 is 1.89 bits per heavy atom. The number of hydrogen-bond donors (Lipinski definition) is 1. The first-order valence-corrected chi connectivity index (χ1v) is 10.5. The summed E-state index contributed by atoms with van der Waals surface area (Å²) in [5.74, 6) is 1.11. The minimum absolute atomic E-state index is 0.0702. The molecule has 0 unspecified atom stereocenters. The van der Waals surface area contributed by atoms with Gasteiger partial charge in [0.15, 0.2) is 0 Å². The molecule has 2 aromatic rings. The molecule has 0 bridgehead atoms. The van der Waals surface area contributed by atoms with Crippen LogP contribution in [0.25, 0.3) is 0 Å². The van der Waals surface area contributed by atoms with Crippen LogP contribution in [0.15, 0.2) is 41.3 Å². The van der Waals surface area contributed by atoms with Crippen molar-refractivity contribution >= 4 is 15.9 Å². The van der Waals surface area contributed by atoms with E-state index < -0.39 is 10.0 Å². The summed E-state index contributed by atoms with van der Waals surface area (Å²) in [7, 11) is -0.721. The van der Waals surface area contributed by atoms with Crippen molar-refractivity contribution in [2.75, 3.05) is 20.8 Å². The third-order valence-electron chi connectivity index (χ3n) is 5.08. The van der Waals surface area contributed by atoms with Gasteiger partial charge in [0.05, 0.1) is 25.2 Å². The van der Waals surface area contributed by atoms with Gasteiger partial charge < -0.3 is 14.4 Å². The number of rotatable bonds is 5. The number of carbonyl (C=O) groups excluding carboxylic acids is 1. The Labute approximate surface area is 165 Å². The molecule has 1 amide bonds. The van der Waals surface area contributed by atoms with E-state index in [0.29, 0.717) is 29.2 Å². The third-order valence-corrected chi connectivity index (χ3v) is 5.99. The highest BCUT2D eigenvalue weighted by atomic mass is 32.2. The van der Waals surface area contributed by atoms with Crippen molar-refractivity contribution < 1.29 is 22.7 Å². The molecule has 28 heavy (non-hydrogen) atoms. The van der Waals surface area contributed by atoms with Crippen molar-refractivity contribution in [3.63, 3.8) is 0 Å². The number of carbonyl (C=O) groups is 1. The van der Waals surface area contributed by atoms with Crippen molar-refractivity contribution in [3.8, 4) is 11.5 Å². The van der Waals surface area contributed by atoms with E-state index in [1.165, 1.54) is 12.1 Å². The van der Waals surface area contributed by atoms with Crippen LogP contribution in [-0.2, 0) is 10.0 Å². The van der Waals surface area contributed by atoms with Crippen LogP contribution in [0.3, 0.4) is 0 Å². The lowest BCUT2D eigenvalue weighted by Gasteiger charge is -2.27. The largest absolute Gasteiger partial charge is 0.497 e. The highest BCUT2D eigenvalue weighted by Gasteiger charge is 2.33. The third kappa shape index (κ3) is 3.83. The monoisotopic (exact) mass is 404 g/mol. The summed E-state index contributed by atoms with van der Waals surface area (Å²) in [6, 6.07) is 9.75. The molecular formula is C20H24N2O5S. The molecule has 0 radical (unpaired) electrons. The summed E-state index contributed by atoms with van der Waals surface area (Å²) in [5.41, 5.74) is 1.94. The SMILES string of the molecule is COc1ccc([C@H]2CCCN2C(=O)c2cc(S(N)(=O)=O)ccc2C)c(OC)c1. The smallest absolute Gasteiger partial charge is 0.254 e. The van der Waals surface area contributed by atoms with E-state index in [9.17, 15) is 13.2 Å². The highest BCUT2D eigenvalue weighted by molar-refractivity contribution is 7.89. The van der Waals surface area contributed by atoms with Crippen LogP contribution < -0.4 is 14.6 Å². The summed E-state index contributed by atoms with van der Waals surface area (Å²) in [4.78, 5) is 15.0. The van der Waals surface area contributed by atoms with Crippen LogP contribution in [0.2, 0.25) is 0 Å². The van der Waals surface area contributed by atoms with E-state index >= 15 is 0 Å². The summed E-state index contributed by atoms with van der Waals surface area (Å²) in [5, 5.41) is 5.23. The number of amides is 1. The molecule has 2 aromatic carbocycles. The molecule has 3 rings (SSSR count). The number of nitrogens with two attached hydrogens (primary N) is 1. The first-order chi connectivity index (χ1) is 13.3. The number of aryl methyl sites for hydroxylation is 1. The first-order valence-electron chi connectivity index (χ1n) is 8.92. The topological polar surface area (TPSA) is 98.9 Å². The molecule has 1 fully saturated rings. The molecule has 7 nitrogen and oxygen atoms in total. The van der Waals surface area contributed by atoms with Crippen LogP contribution in [0.1, 0.15) is 40.4 Å². The Balaban J connectivity index is 1.99. The summed E-state index contributed by atoms with van der Waals surface area (Å²) >= 11 is 0. The molecule has 2 N–H and O–H groups in total. The van der Waals surface area contributed by atoms with Gasteiger partial charge in [-0.05, 0) is 49.6 Å². The zero-order valence-corrected chi connectivity index (χ0v) is 17.0. The van der Waals surface area contributed by atoms with Gasteiger partial charge in [0.1, 0.15) is 11.5 Å². The average Bonchev–Trinajstić information content (AvgIpc) is 3.15. The standard InChI is InChI=1S/C20H24N2O5S/c1-13-6-8-15(28(21,24)25)12-17(13)20(23)22-10-4-5-18(22)16-9-7-14(26-2)11-19(16)27-3/h6-9,11-12,18H,4-5,10H2,1-3H3,(H2,21,24,25)/t18-/m1/s1. The molecule has 0 aromatic heterocycles. The predicted molar refractivity (Wildman–Crippen MR) is 105 cm³/mol. The summed E-state index contributed by atoms with van der Waals surface area (Å²) in [6.07, 6.45) is 1.64. The van der Waals surface area contributed by atoms with Crippen molar-refractivity contribution in [2.24, 2.45) is 5.14 Å². The molecule has 0 spiro atoms. The van der Waals surface area contributed by atoms with Crippen LogP contribution >= 0.6 is 0 Å². The Hall–Kier alpha value is -2.58. The van der Waals surface area contributed by atoms with Gasteiger partial charge in [0, 0.05) is 23.7 Å². The lowest BCUT2D eigenvalue weighted by atomic mass is 10.0. The Bertz CT molecular complexity index is 1000. The Morgan fingerprint density at radius 3 is 2.54 bits per heavy atom. The minimum Gasteiger partial charge on any atom is -0.497 e. The van der Waals surface area contributed by atoms with Gasteiger partial charge >= 0.3 is 0 Å². The average molecular weight is 404 g/mol. The molecule has 0 saturated carbocycles. The summed E-state index contributed by atoms with van der Waals surface area (Å²) in [6.45, 7) is 2.36. The Kier molecular flexibility index (Phi) is 5.62. The molecule has 0 aliphatic carbocycles. The van der Waals surface area contributed by atoms with E-state index in [1.54, 1.807) is 38.2 Å². The van der Waals surface area contributed by atoms with Crippen molar-refractivity contribution in [1.29, 1.82) is 0 Å². The molecule has 8 heteroatoms. The van der Waals surface area contributed by atoms with E-state index in [4.69, 9.17) is 14.6 Å². The molecule has 1 heterocycles. The zero-order valence-electron chi connectivity index (χ0n) is 16.1. The van der Waals surface area contributed by atoms with Crippen molar-refractivity contribution in [2.45, 2.75) is 30.7 Å². The van der Waals surface area contributed by atoms with E-state index in [-0.39, 0.29) is 16.8 Å². The number of benzene rings is 2.